The first-order chi connectivity index (χ1) is 8.34. The predicted molar refractivity (Wildman–Crippen MR) is 75.1 cm³/mol. The average molecular weight is 238 g/mol. The monoisotopic (exact) mass is 238 g/mol. The van der Waals surface area contributed by atoms with E-state index >= 15 is 0 Å². The highest BCUT2D eigenvalue weighted by molar-refractivity contribution is 4.93. The lowest BCUT2D eigenvalue weighted by molar-refractivity contribution is 0.111. The second-order valence-electron chi connectivity index (χ2n) is 5.50. The fourth-order valence-electron chi connectivity index (χ4n) is 2.68. The third-order valence-corrected chi connectivity index (χ3v) is 3.89. The average Bonchev–Trinajstić information content (AvgIpc) is 2.28. The second-order valence-corrected chi connectivity index (χ2v) is 5.50. The maximum absolute atomic E-state index is 10.2. The van der Waals surface area contributed by atoms with Gasteiger partial charge in [-0.25, -0.2) is 0 Å². The summed E-state index contributed by atoms with van der Waals surface area (Å²) in [5.74, 6) is 0.432. The van der Waals surface area contributed by atoms with Gasteiger partial charge >= 0.3 is 0 Å². The highest BCUT2D eigenvalue weighted by Crippen LogP contribution is 2.23. The van der Waals surface area contributed by atoms with Crippen molar-refractivity contribution in [1.29, 1.82) is 0 Å². The quantitative estimate of drug-likeness (QED) is 0.497. The molecular formula is C16H30O. The summed E-state index contributed by atoms with van der Waals surface area (Å²) in [4.78, 5) is 0. The smallest absolute Gasteiger partial charge is 0.0602 e. The summed E-state index contributed by atoms with van der Waals surface area (Å²) in [6.45, 7) is 2.24. The van der Waals surface area contributed by atoms with Crippen LogP contribution in [0.1, 0.15) is 77.6 Å². The van der Waals surface area contributed by atoms with Crippen LogP contribution in [-0.2, 0) is 0 Å². The molecule has 1 aliphatic carbocycles. The number of hydrogen-bond donors (Lipinski definition) is 1. The van der Waals surface area contributed by atoms with Gasteiger partial charge < -0.3 is 5.11 Å². The van der Waals surface area contributed by atoms with E-state index in [0.29, 0.717) is 5.92 Å². The van der Waals surface area contributed by atoms with Gasteiger partial charge in [-0.05, 0) is 25.7 Å². The fraction of sp³-hybridized carbons (Fsp3) is 0.875. The lowest BCUT2D eigenvalue weighted by Gasteiger charge is -2.21. The molecule has 100 valence electrons. The van der Waals surface area contributed by atoms with Gasteiger partial charge in [-0.1, -0.05) is 64.0 Å². The molecular weight excluding hydrogens is 208 g/mol. The van der Waals surface area contributed by atoms with Crippen LogP contribution in [0, 0.1) is 5.92 Å². The maximum atomic E-state index is 10.2. The zero-order valence-electron chi connectivity index (χ0n) is 11.5. The largest absolute Gasteiger partial charge is 0.393 e. The summed E-state index contributed by atoms with van der Waals surface area (Å²) in [5.41, 5.74) is 0. The molecule has 1 aliphatic rings. The van der Waals surface area contributed by atoms with E-state index in [1.807, 2.05) is 0 Å². The van der Waals surface area contributed by atoms with Gasteiger partial charge in [-0.15, -0.1) is 0 Å². The Balaban J connectivity index is 2.15. The van der Waals surface area contributed by atoms with Crippen molar-refractivity contribution in [2.24, 2.45) is 5.92 Å². The Morgan fingerprint density at radius 3 is 2.76 bits per heavy atom. The standard InChI is InChI=1S/C16H30O/c1-2-3-4-6-11-14-16(17)15-12-9-7-5-8-10-13-15/h9,12,15-17H,2-8,10-11,13-14H2,1H3/b12-9-. The Hall–Kier alpha value is -0.300. The molecule has 17 heavy (non-hydrogen) atoms. The molecule has 1 N–H and O–H groups in total. The molecule has 0 fully saturated rings. The van der Waals surface area contributed by atoms with Gasteiger partial charge in [0.25, 0.3) is 0 Å². The van der Waals surface area contributed by atoms with Crippen molar-refractivity contribution >= 4 is 0 Å². The van der Waals surface area contributed by atoms with Crippen molar-refractivity contribution in [1.82, 2.24) is 0 Å². The van der Waals surface area contributed by atoms with E-state index in [2.05, 4.69) is 19.1 Å². The first kappa shape index (κ1) is 14.8. The van der Waals surface area contributed by atoms with E-state index in [9.17, 15) is 5.11 Å². The molecule has 0 amide bonds. The summed E-state index contributed by atoms with van der Waals surface area (Å²) < 4.78 is 0. The molecule has 0 radical (unpaired) electrons. The Morgan fingerprint density at radius 2 is 1.94 bits per heavy atom. The van der Waals surface area contributed by atoms with Crippen molar-refractivity contribution in [3.8, 4) is 0 Å². The first-order valence-corrected chi connectivity index (χ1v) is 7.69. The zero-order valence-corrected chi connectivity index (χ0v) is 11.5. The minimum absolute atomic E-state index is 0.0917. The second kappa shape index (κ2) is 9.70. The van der Waals surface area contributed by atoms with Crippen LogP contribution < -0.4 is 0 Å². The Morgan fingerprint density at radius 1 is 1.12 bits per heavy atom. The van der Waals surface area contributed by atoms with Crippen LogP contribution >= 0.6 is 0 Å². The lowest BCUT2D eigenvalue weighted by atomic mass is 9.89. The molecule has 0 bridgehead atoms. The van der Waals surface area contributed by atoms with E-state index in [-0.39, 0.29) is 6.10 Å². The molecule has 0 spiro atoms. The van der Waals surface area contributed by atoms with E-state index in [1.54, 1.807) is 0 Å². The van der Waals surface area contributed by atoms with Gasteiger partial charge in [0.15, 0.2) is 0 Å². The van der Waals surface area contributed by atoms with Crippen molar-refractivity contribution in [2.45, 2.75) is 83.7 Å². The molecule has 0 aromatic heterocycles. The Labute approximate surface area is 107 Å². The van der Waals surface area contributed by atoms with Gasteiger partial charge in [0, 0.05) is 5.92 Å². The van der Waals surface area contributed by atoms with E-state index in [4.69, 9.17) is 0 Å². The predicted octanol–water partition coefficient (Wildman–Crippen LogP) is 4.84. The third-order valence-electron chi connectivity index (χ3n) is 3.89. The fourth-order valence-corrected chi connectivity index (χ4v) is 2.68. The topological polar surface area (TPSA) is 20.2 Å². The number of allylic oxidation sites excluding steroid dienone is 1. The molecule has 0 saturated heterocycles. The molecule has 0 saturated carbocycles. The summed E-state index contributed by atoms with van der Waals surface area (Å²) in [7, 11) is 0. The normalized spacial score (nSPS) is 24.9. The van der Waals surface area contributed by atoms with Crippen LogP contribution in [0.15, 0.2) is 12.2 Å². The van der Waals surface area contributed by atoms with Crippen LogP contribution in [0.2, 0.25) is 0 Å². The SMILES string of the molecule is CCCCCCCC(O)C1/C=C\CCCCC1. The van der Waals surface area contributed by atoms with Gasteiger partial charge in [-0.2, -0.15) is 0 Å². The zero-order chi connectivity index (χ0) is 12.3. The van der Waals surface area contributed by atoms with Crippen molar-refractivity contribution < 1.29 is 5.11 Å². The van der Waals surface area contributed by atoms with Crippen molar-refractivity contribution in [3.63, 3.8) is 0 Å². The Bertz CT molecular complexity index is 198. The molecule has 0 aromatic rings. The van der Waals surface area contributed by atoms with Crippen LogP contribution in [-0.4, -0.2) is 11.2 Å². The van der Waals surface area contributed by atoms with Crippen LogP contribution in [0.25, 0.3) is 0 Å². The number of hydrogen-bond acceptors (Lipinski definition) is 1. The van der Waals surface area contributed by atoms with Gasteiger partial charge in [0.2, 0.25) is 0 Å². The molecule has 1 heteroatoms. The van der Waals surface area contributed by atoms with E-state index in [0.717, 1.165) is 6.42 Å². The summed E-state index contributed by atoms with van der Waals surface area (Å²) in [5, 5.41) is 10.2. The van der Waals surface area contributed by atoms with Crippen LogP contribution in [0.3, 0.4) is 0 Å². The highest BCUT2D eigenvalue weighted by Gasteiger charge is 2.16. The number of unbranched alkanes of at least 4 members (excludes halogenated alkanes) is 4. The third kappa shape index (κ3) is 6.88. The molecule has 0 heterocycles. The summed E-state index contributed by atoms with van der Waals surface area (Å²) in [6.07, 6.45) is 18.3. The minimum atomic E-state index is -0.0917. The maximum Gasteiger partial charge on any atom is 0.0602 e. The highest BCUT2D eigenvalue weighted by atomic mass is 16.3. The molecule has 0 aliphatic heterocycles. The lowest BCUT2D eigenvalue weighted by Crippen LogP contribution is -2.19. The number of aliphatic hydroxyl groups is 1. The number of aliphatic hydroxyl groups excluding tert-OH is 1. The molecule has 2 unspecified atom stereocenters. The van der Waals surface area contributed by atoms with E-state index in [1.165, 1.54) is 64.2 Å². The molecule has 1 rings (SSSR count). The minimum Gasteiger partial charge on any atom is -0.393 e. The first-order valence-electron chi connectivity index (χ1n) is 7.69. The number of rotatable bonds is 7. The van der Waals surface area contributed by atoms with Crippen molar-refractivity contribution in [2.75, 3.05) is 0 Å². The Kier molecular flexibility index (Phi) is 8.42. The van der Waals surface area contributed by atoms with Gasteiger partial charge in [0.1, 0.15) is 0 Å². The van der Waals surface area contributed by atoms with Crippen LogP contribution in [0.5, 0.6) is 0 Å². The van der Waals surface area contributed by atoms with Gasteiger partial charge in [-0.3, -0.25) is 0 Å². The summed E-state index contributed by atoms with van der Waals surface area (Å²) in [6, 6.07) is 0. The summed E-state index contributed by atoms with van der Waals surface area (Å²) >= 11 is 0. The van der Waals surface area contributed by atoms with Crippen LogP contribution in [0.4, 0.5) is 0 Å². The van der Waals surface area contributed by atoms with Gasteiger partial charge in [0.05, 0.1) is 6.10 Å². The van der Waals surface area contributed by atoms with Crippen molar-refractivity contribution in [3.05, 3.63) is 12.2 Å². The molecule has 2 atom stereocenters. The van der Waals surface area contributed by atoms with E-state index < -0.39 is 0 Å². The molecule has 1 nitrogen and oxygen atoms in total. The molecule has 0 aromatic carbocycles.